The number of likely N-dealkylation sites (N-methyl/N-ethyl adjacent to an activating group) is 1. The average Bonchev–Trinajstić information content (AvgIpc) is 2.65. The molecule has 0 amide bonds. The van der Waals surface area contributed by atoms with E-state index in [0.29, 0.717) is 0 Å². The first-order chi connectivity index (χ1) is 13.2. The van der Waals surface area contributed by atoms with Crippen molar-refractivity contribution in [1.29, 1.82) is 0 Å². The van der Waals surface area contributed by atoms with Gasteiger partial charge in [0, 0.05) is 12.1 Å². The molecular weight excluding hydrogens is 386 g/mol. The molecule has 0 fully saturated rings. The van der Waals surface area contributed by atoms with Crippen molar-refractivity contribution in [1.82, 2.24) is 0 Å². The van der Waals surface area contributed by atoms with Crippen LogP contribution < -0.4 is 13.9 Å². The number of benzene rings is 2. The molecule has 10 heteroatoms. The van der Waals surface area contributed by atoms with Crippen LogP contribution in [0.4, 0.5) is 11.4 Å². The van der Waals surface area contributed by atoms with Gasteiger partial charge in [0.2, 0.25) is 0 Å². The Morgan fingerprint density at radius 2 is 1.86 bits per heavy atom. The first-order valence-electron chi connectivity index (χ1n) is 8.54. The summed E-state index contributed by atoms with van der Waals surface area (Å²) in [5.41, 5.74) is -0.287. The molecule has 0 saturated heterocycles. The maximum atomic E-state index is 13.3. The molecule has 152 valence electrons. The van der Waals surface area contributed by atoms with Crippen LogP contribution in [0.2, 0.25) is 0 Å². The smallest absolute Gasteiger partial charge is 0.271 e. The third-order valence-corrected chi connectivity index (χ3v) is 5.79. The maximum absolute atomic E-state index is 13.3. The SMILES string of the molecule is COc1ccc([N+](=O)[O-])cc1N(CC(O)C[NH+](C)C)S(=O)(=O)c1ccccc1. The van der Waals surface area contributed by atoms with Gasteiger partial charge in [-0.1, -0.05) is 18.2 Å². The molecule has 2 aromatic carbocycles. The van der Waals surface area contributed by atoms with Gasteiger partial charge in [0.15, 0.2) is 0 Å². The van der Waals surface area contributed by atoms with Gasteiger partial charge in [-0.25, -0.2) is 8.42 Å². The van der Waals surface area contributed by atoms with Crippen LogP contribution in [0.5, 0.6) is 5.75 Å². The normalized spacial score (nSPS) is 12.6. The molecule has 0 bridgehead atoms. The molecule has 2 rings (SSSR count). The Balaban J connectivity index is 2.62. The zero-order valence-corrected chi connectivity index (χ0v) is 16.7. The Morgan fingerprint density at radius 3 is 2.39 bits per heavy atom. The van der Waals surface area contributed by atoms with Crippen LogP contribution in [-0.2, 0) is 10.0 Å². The highest BCUT2D eigenvalue weighted by atomic mass is 32.2. The van der Waals surface area contributed by atoms with Gasteiger partial charge >= 0.3 is 0 Å². The summed E-state index contributed by atoms with van der Waals surface area (Å²) in [6.45, 7) is 0.0119. The minimum absolute atomic E-state index is 0.00615. The summed E-state index contributed by atoms with van der Waals surface area (Å²) in [5.74, 6) is 0.148. The van der Waals surface area contributed by atoms with Crippen LogP contribution >= 0.6 is 0 Å². The van der Waals surface area contributed by atoms with Crippen molar-refractivity contribution in [3.8, 4) is 5.75 Å². The first-order valence-corrected chi connectivity index (χ1v) is 9.98. The number of nitro groups is 1. The number of nitrogens with one attached hydrogen (secondary N) is 1. The van der Waals surface area contributed by atoms with Crippen LogP contribution in [0.1, 0.15) is 0 Å². The Labute approximate surface area is 164 Å². The Bertz CT molecular complexity index is 918. The lowest BCUT2D eigenvalue weighted by atomic mass is 10.2. The molecule has 0 heterocycles. The zero-order chi connectivity index (χ0) is 20.9. The van der Waals surface area contributed by atoms with E-state index in [-0.39, 0.29) is 35.1 Å². The highest BCUT2D eigenvalue weighted by Gasteiger charge is 2.31. The van der Waals surface area contributed by atoms with E-state index in [1.165, 1.54) is 31.4 Å². The number of hydrogen-bond acceptors (Lipinski definition) is 6. The van der Waals surface area contributed by atoms with Gasteiger partial charge in [0.1, 0.15) is 24.1 Å². The fraction of sp³-hybridized carbons (Fsp3) is 0.333. The molecule has 0 aliphatic heterocycles. The number of aliphatic hydroxyl groups is 1. The summed E-state index contributed by atoms with van der Waals surface area (Å²) in [6, 6.07) is 11.4. The molecule has 1 unspecified atom stereocenters. The molecule has 0 aromatic heterocycles. The van der Waals surface area contributed by atoms with Gasteiger partial charge in [-0.15, -0.1) is 0 Å². The van der Waals surface area contributed by atoms with Crippen LogP contribution in [0.25, 0.3) is 0 Å². The molecule has 0 saturated carbocycles. The van der Waals surface area contributed by atoms with Gasteiger partial charge in [-0.3, -0.25) is 14.4 Å². The monoisotopic (exact) mass is 410 g/mol. The molecule has 1 atom stereocenters. The molecule has 9 nitrogen and oxygen atoms in total. The van der Waals surface area contributed by atoms with E-state index in [0.717, 1.165) is 15.3 Å². The third kappa shape index (κ3) is 4.97. The van der Waals surface area contributed by atoms with Gasteiger partial charge in [-0.05, 0) is 18.2 Å². The molecule has 0 spiro atoms. The lowest BCUT2D eigenvalue weighted by molar-refractivity contribution is -0.861. The van der Waals surface area contributed by atoms with Gasteiger partial charge in [-0.2, -0.15) is 0 Å². The number of quaternary nitrogens is 1. The van der Waals surface area contributed by atoms with E-state index in [1.54, 1.807) is 18.2 Å². The van der Waals surface area contributed by atoms with E-state index < -0.39 is 21.1 Å². The number of methoxy groups -OCH3 is 1. The summed E-state index contributed by atoms with van der Waals surface area (Å²) in [7, 11) is 0.900. The van der Waals surface area contributed by atoms with E-state index in [9.17, 15) is 23.6 Å². The standard InChI is InChI=1S/C18H23N3O6S/c1-19(2)12-15(22)13-20(28(25,26)16-7-5-4-6-8-16)17-11-14(21(23)24)9-10-18(17)27-3/h4-11,15,22H,12-13H2,1-3H3/p+1. The quantitative estimate of drug-likeness (QED) is 0.454. The second kappa shape index (κ2) is 9.00. The summed E-state index contributed by atoms with van der Waals surface area (Å²) in [5, 5.41) is 21.6. The average molecular weight is 410 g/mol. The lowest BCUT2D eigenvalue weighted by Gasteiger charge is -2.28. The third-order valence-electron chi connectivity index (χ3n) is 3.99. The van der Waals surface area contributed by atoms with Gasteiger partial charge in [0.05, 0.1) is 37.6 Å². The Morgan fingerprint density at radius 1 is 1.21 bits per heavy atom. The number of anilines is 1. The van der Waals surface area contributed by atoms with Crippen molar-refractivity contribution in [3.05, 3.63) is 58.6 Å². The van der Waals surface area contributed by atoms with Crippen LogP contribution in [0.15, 0.2) is 53.4 Å². The topological polar surface area (TPSA) is 114 Å². The van der Waals surface area contributed by atoms with Crippen LogP contribution in [0, 0.1) is 10.1 Å². The van der Waals surface area contributed by atoms with Crippen molar-refractivity contribution in [2.45, 2.75) is 11.0 Å². The summed E-state index contributed by atoms with van der Waals surface area (Å²) in [6.07, 6.45) is -0.993. The second-order valence-electron chi connectivity index (χ2n) is 6.53. The van der Waals surface area contributed by atoms with Crippen LogP contribution in [0.3, 0.4) is 0 Å². The number of nitrogens with zero attached hydrogens (tertiary/aromatic N) is 2. The predicted octanol–water partition coefficient (Wildman–Crippen LogP) is 0.304. The minimum Gasteiger partial charge on any atom is -0.495 e. The number of non-ortho nitro benzene ring substituents is 1. The first kappa shape index (κ1) is 21.6. The predicted molar refractivity (Wildman–Crippen MR) is 104 cm³/mol. The van der Waals surface area contributed by atoms with Crippen molar-refractivity contribution < 1.29 is 28.1 Å². The molecule has 28 heavy (non-hydrogen) atoms. The molecule has 0 aliphatic rings. The van der Waals surface area contributed by atoms with E-state index in [2.05, 4.69) is 0 Å². The minimum atomic E-state index is -4.10. The maximum Gasteiger partial charge on any atom is 0.271 e. The second-order valence-corrected chi connectivity index (χ2v) is 8.39. The summed E-state index contributed by atoms with van der Waals surface area (Å²) >= 11 is 0. The van der Waals surface area contributed by atoms with Crippen molar-refractivity contribution in [2.75, 3.05) is 38.6 Å². The number of nitro benzene ring substituents is 1. The highest BCUT2D eigenvalue weighted by molar-refractivity contribution is 7.92. The lowest BCUT2D eigenvalue weighted by Crippen LogP contribution is -3.07. The van der Waals surface area contributed by atoms with Crippen molar-refractivity contribution in [2.24, 2.45) is 0 Å². The van der Waals surface area contributed by atoms with E-state index >= 15 is 0 Å². The van der Waals surface area contributed by atoms with E-state index in [1.807, 2.05) is 14.1 Å². The fourth-order valence-electron chi connectivity index (χ4n) is 2.76. The number of hydrogen-bond donors (Lipinski definition) is 2. The summed E-state index contributed by atoms with van der Waals surface area (Å²) < 4.78 is 32.8. The van der Waals surface area contributed by atoms with Crippen LogP contribution in [-0.4, -0.2) is 58.8 Å². The van der Waals surface area contributed by atoms with Gasteiger partial charge < -0.3 is 14.7 Å². The molecule has 2 aromatic rings. The number of ether oxygens (including phenoxy) is 1. The summed E-state index contributed by atoms with van der Waals surface area (Å²) in [4.78, 5) is 11.5. The molecule has 2 N–H and O–H groups in total. The zero-order valence-electron chi connectivity index (χ0n) is 15.9. The molecule has 0 radical (unpaired) electrons. The molecular formula is C18H24N3O6S+. The Hall–Kier alpha value is -2.69. The van der Waals surface area contributed by atoms with Crippen molar-refractivity contribution in [3.63, 3.8) is 0 Å². The number of rotatable bonds is 9. The number of sulfonamides is 1. The van der Waals surface area contributed by atoms with E-state index in [4.69, 9.17) is 4.74 Å². The fourth-order valence-corrected chi connectivity index (χ4v) is 4.29. The Kier molecular flexibility index (Phi) is 6.95. The van der Waals surface area contributed by atoms with Crippen molar-refractivity contribution >= 4 is 21.4 Å². The number of aliphatic hydroxyl groups excluding tert-OH is 1. The largest absolute Gasteiger partial charge is 0.495 e. The van der Waals surface area contributed by atoms with Gasteiger partial charge in [0.25, 0.3) is 15.7 Å². The molecule has 0 aliphatic carbocycles. The highest BCUT2D eigenvalue weighted by Crippen LogP contribution is 2.35.